The Hall–Kier alpha value is -2.61. The van der Waals surface area contributed by atoms with Crippen LogP contribution in [0.25, 0.3) is 0 Å². The summed E-state index contributed by atoms with van der Waals surface area (Å²) < 4.78 is 4.87. The molecule has 2 rings (SSSR count). The predicted octanol–water partition coefficient (Wildman–Crippen LogP) is 2.11. The Morgan fingerprint density at radius 1 is 1.47 bits per heavy atom. The highest BCUT2D eigenvalue weighted by atomic mass is 16.5. The molecule has 0 atom stereocenters. The molecular formula is C12H9N3O2. The zero-order chi connectivity index (χ0) is 12.3. The van der Waals surface area contributed by atoms with Crippen molar-refractivity contribution in [3.8, 4) is 6.07 Å². The number of hydrogen-bond donors (Lipinski definition) is 1. The molecule has 1 heterocycles. The van der Waals surface area contributed by atoms with E-state index in [2.05, 4.69) is 10.5 Å². The Labute approximate surface area is 97.7 Å². The van der Waals surface area contributed by atoms with Crippen LogP contribution in [0.4, 0.5) is 5.88 Å². The zero-order valence-corrected chi connectivity index (χ0v) is 9.10. The minimum absolute atomic E-state index is 0.287. The number of aryl methyl sites for hydroxylation is 1. The van der Waals surface area contributed by atoms with Crippen LogP contribution < -0.4 is 5.32 Å². The Morgan fingerprint density at radius 3 is 2.94 bits per heavy atom. The van der Waals surface area contributed by atoms with Gasteiger partial charge in [0.25, 0.3) is 5.91 Å². The molecular weight excluding hydrogens is 218 g/mol. The van der Waals surface area contributed by atoms with Crippen molar-refractivity contribution in [2.45, 2.75) is 6.92 Å². The van der Waals surface area contributed by atoms with Gasteiger partial charge in [0.2, 0.25) is 5.88 Å². The van der Waals surface area contributed by atoms with E-state index in [4.69, 9.17) is 9.78 Å². The van der Waals surface area contributed by atoms with Crippen molar-refractivity contribution < 1.29 is 9.32 Å². The highest BCUT2D eigenvalue weighted by molar-refractivity contribution is 6.03. The molecule has 0 spiro atoms. The minimum atomic E-state index is -0.335. The van der Waals surface area contributed by atoms with Gasteiger partial charge >= 0.3 is 0 Å². The first-order chi connectivity index (χ1) is 8.19. The maximum Gasteiger partial charge on any atom is 0.258 e. The van der Waals surface area contributed by atoms with Crippen LogP contribution in [0.1, 0.15) is 21.6 Å². The fourth-order valence-corrected chi connectivity index (χ4v) is 1.34. The third-order valence-corrected chi connectivity index (χ3v) is 2.12. The molecule has 0 aliphatic rings. The third kappa shape index (κ3) is 2.49. The fourth-order valence-electron chi connectivity index (χ4n) is 1.34. The summed E-state index contributed by atoms with van der Waals surface area (Å²) in [5.74, 6) is -0.0480. The second-order valence-corrected chi connectivity index (χ2v) is 3.48. The van der Waals surface area contributed by atoms with Crippen molar-refractivity contribution in [1.82, 2.24) is 5.16 Å². The lowest BCUT2D eigenvalue weighted by molar-refractivity contribution is 0.102. The molecule has 1 N–H and O–H groups in total. The molecule has 0 saturated carbocycles. The summed E-state index contributed by atoms with van der Waals surface area (Å²) in [6.07, 6.45) is 0. The second-order valence-electron chi connectivity index (χ2n) is 3.48. The number of rotatable bonds is 2. The average Bonchev–Trinajstić information content (AvgIpc) is 2.75. The monoisotopic (exact) mass is 227 g/mol. The summed E-state index contributed by atoms with van der Waals surface area (Å²) >= 11 is 0. The van der Waals surface area contributed by atoms with E-state index >= 15 is 0 Å². The number of carbonyl (C=O) groups is 1. The highest BCUT2D eigenvalue weighted by Crippen LogP contribution is 2.11. The molecule has 1 aromatic heterocycles. The van der Waals surface area contributed by atoms with Crippen molar-refractivity contribution in [1.29, 1.82) is 5.26 Å². The molecule has 0 aliphatic carbocycles. The molecule has 17 heavy (non-hydrogen) atoms. The van der Waals surface area contributed by atoms with Gasteiger partial charge in [-0.25, -0.2) is 0 Å². The molecule has 5 nitrogen and oxygen atoms in total. The van der Waals surface area contributed by atoms with Crippen LogP contribution in [0.3, 0.4) is 0 Å². The summed E-state index contributed by atoms with van der Waals surface area (Å²) in [6, 6.07) is 10.0. The third-order valence-electron chi connectivity index (χ3n) is 2.12. The molecule has 1 aromatic carbocycles. The Balaban J connectivity index is 2.17. The average molecular weight is 227 g/mol. The zero-order valence-electron chi connectivity index (χ0n) is 9.10. The molecule has 1 amide bonds. The maximum atomic E-state index is 11.8. The van der Waals surface area contributed by atoms with Gasteiger partial charge in [0.15, 0.2) is 0 Å². The van der Waals surface area contributed by atoms with Gasteiger partial charge in [0.05, 0.1) is 17.3 Å². The van der Waals surface area contributed by atoms with Gasteiger partial charge in [-0.2, -0.15) is 5.26 Å². The van der Waals surface area contributed by atoms with E-state index < -0.39 is 0 Å². The van der Waals surface area contributed by atoms with E-state index in [9.17, 15) is 4.79 Å². The summed E-state index contributed by atoms with van der Waals surface area (Å²) in [5.41, 5.74) is 1.52. The Morgan fingerprint density at radius 2 is 2.29 bits per heavy atom. The smallest absolute Gasteiger partial charge is 0.258 e. The normalized spacial score (nSPS) is 9.65. The van der Waals surface area contributed by atoms with E-state index in [-0.39, 0.29) is 11.8 Å². The topological polar surface area (TPSA) is 78.9 Å². The predicted molar refractivity (Wildman–Crippen MR) is 60.4 cm³/mol. The number of nitrogens with zero attached hydrogens (tertiary/aromatic N) is 2. The summed E-state index contributed by atoms with van der Waals surface area (Å²) in [7, 11) is 0. The van der Waals surface area contributed by atoms with Crippen LogP contribution in [0.2, 0.25) is 0 Å². The van der Waals surface area contributed by atoms with Crippen LogP contribution >= 0.6 is 0 Å². The first kappa shape index (κ1) is 10.9. The second kappa shape index (κ2) is 4.49. The van der Waals surface area contributed by atoms with Crippen molar-refractivity contribution in [2.24, 2.45) is 0 Å². The van der Waals surface area contributed by atoms with Gasteiger partial charge in [0, 0.05) is 11.6 Å². The molecule has 0 saturated heterocycles. The van der Waals surface area contributed by atoms with Gasteiger partial charge in [0.1, 0.15) is 0 Å². The molecule has 0 radical (unpaired) electrons. The summed E-state index contributed by atoms with van der Waals surface area (Å²) in [4.78, 5) is 11.8. The summed E-state index contributed by atoms with van der Waals surface area (Å²) in [6.45, 7) is 1.76. The molecule has 2 aromatic rings. The highest BCUT2D eigenvalue weighted by Gasteiger charge is 2.09. The number of anilines is 1. The lowest BCUT2D eigenvalue weighted by Crippen LogP contribution is -2.11. The van der Waals surface area contributed by atoms with E-state index in [0.29, 0.717) is 16.8 Å². The van der Waals surface area contributed by atoms with Crippen LogP contribution in [-0.2, 0) is 0 Å². The van der Waals surface area contributed by atoms with E-state index in [1.54, 1.807) is 31.2 Å². The lowest BCUT2D eigenvalue weighted by atomic mass is 10.1. The first-order valence-electron chi connectivity index (χ1n) is 4.94. The first-order valence-corrected chi connectivity index (χ1v) is 4.94. The molecule has 0 aliphatic heterocycles. The van der Waals surface area contributed by atoms with Gasteiger partial charge in [-0.1, -0.05) is 11.2 Å². The number of carbonyl (C=O) groups excluding carboxylic acids is 1. The van der Waals surface area contributed by atoms with Crippen LogP contribution in [0.15, 0.2) is 34.9 Å². The van der Waals surface area contributed by atoms with Gasteiger partial charge in [-0.15, -0.1) is 0 Å². The Bertz CT molecular complexity index is 596. The lowest BCUT2D eigenvalue weighted by Gasteiger charge is -2.00. The van der Waals surface area contributed by atoms with Crippen molar-refractivity contribution in [3.63, 3.8) is 0 Å². The molecule has 0 fully saturated rings. The fraction of sp³-hybridized carbons (Fsp3) is 0.0833. The SMILES string of the molecule is Cc1cc(NC(=O)c2cccc(C#N)c2)on1. The quantitative estimate of drug-likeness (QED) is 0.852. The Kier molecular flexibility index (Phi) is 2.88. The van der Waals surface area contributed by atoms with Crippen molar-refractivity contribution >= 4 is 11.8 Å². The minimum Gasteiger partial charge on any atom is -0.338 e. The van der Waals surface area contributed by atoms with E-state index in [1.165, 1.54) is 6.07 Å². The number of nitriles is 1. The van der Waals surface area contributed by atoms with E-state index in [1.807, 2.05) is 6.07 Å². The maximum absolute atomic E-state index is 11.8. The van der Waals surface area contributed by atoms with Gasteiger partial charge in [-0.05, 0) is 25.1 Å². The van der Waals surface area contributed by atoms with Crippen LogP contribution in [0, 0.1) is 18.3 Å². The van der Waals surface area contributed by atoms with Crippen LogP contribution in [0.5, 0.6) is 0 Å². The molecule has 0 bridgehead atoms. The van der Waals surface area contributed by atoms with Crippen molar-refractivity contribution in [3.05, 3.63) is 47.2 Å². The molecule has 84 valence electrons. The van der Waals surface area contributed by atoms with E-state index in [0.717, 1.165) is 0 Å². The summed E-state index contributed by atoms with van der Waals surface area (Å²) in [5, 5.41) is 14.9. The standard InChI is InChI=1S/C12H9N3O2/c1-8-5-11(17-15-8)14-12(16)10-4-2-3-9(6-10)7-13/h2-6H,1H3,(H,14,16). The number of amides is 1. The van der Waals surface area contributed by atoms with Gasteiger partial charge < -0.3 is 4.52 Å². The van der Waals surface area contributed by atoms with Crippen LogP contribution in [-0.4, -0.2) is 11.1 Å². The van der Waals surface area contributed by atoms with Gasteiger partial charge in [-0.3, -0.25) is 10.1 Å². The molecule has 5 heteroatoms. The number of aromatic nitrogens is 1. The van der Waals surface area contributed by atoms with Crippen molar-refractivity contribution in [2.75, 3.05) is 5.32 Å². The molecule has 0 unspecified atom stereocenters. The largest absolute Gasteiger partial charge is 0.338 e. The number of hydrogen-bond acceptors (Lipinski definition) is 4. The number of benzene rings is 1. The number of nitrogens with one attached hydrogen (secondary N) is 1.